The van der Waals surface area contributed by atoms with Crippen LogP contribution >= 0.6 is 0 Å². The molecular weight excluding hydrogens is 99.0 g/mol. The van der Waals surface area contributed by atoms with Crippen molar-refractivity contribution < 1.29 is 4.79 Å². The summed E-state index contributed by atoms with van der Waals surface area (Å²) in [5.74, 6) is 0. The number of carbonyl (C=O) groups is 1. The van der Waals surface area contributed by atoms with Crippen LogP contribution in [0.4, 0.5) is 0 Å². The fourth-order valence-electron chi connectivity index (χ4n) is 0.186. The van der Waals surface area contributed by atoms with Crippen molar-refractivity contribution in [3.05, 3.63) is 12.7 Å². The van der Waals surface area contributed by atoms with Crippen LogP contribution in [-0.4, -0.2) is 35.8 Å². The van der Waals surface area contributed by atoms with E-state index in [0.717, 1.165) is 12.7 Å². The Bertz CT molecular complexity index is 44.0. The van der Waals surface area contributed by atoms with Gasteiger partial charge in [0, 0.05) is 6.42 Å². The molecule has 0 aromatic rings. The van der Waals surface area contributed by atoms with E-state index >= 15 is 0 Å². The third kappa shape index (κ3) is 10.7. The molecule has 0 aliphatic heterocycles. The molecule has 0 aliphatic rings. The van der Waals surface area contributed by atoms with Crippen LogP contribution in [0.2, 0.25) is 0 Å². The second kappa shape index (κ2) is 9.65. The first kappa shape index (κ1) is 10.4. The van der Waals surface area contributed by atoms with Crippen molar-refractivity contribution >= 4 is 35.8 Å². The quantitative estimate of drug-likeness (QED) is 0.223. The SMILES string of the molecule is C=CCCC=O.[NaH]. The molecule has 0 fully saturated rings. The molecular formula is C5H9NaO. The molecule has 0 spiro atoms. The number of aldehydes is 1. The van der Waals surface area contributed by atoms with Gasteiger partial charge in [0.25, 0.3) is 0 Å². The number of hydrogen-bond donors (Lipinski definition) is 0. The van der Waals surface area contributed by atoms with Gasteiger partial charge in [-0.05, 0) is 6.42 Å². The number of allylic oxidation sites excluding steroid dienone is 1. The first-order valence-electron chi connectivity index (χ1n) is 1.96. The third-order valence-corrected chi connectivity index (χ3v) is 0.489. The van der Waals surface area contributed by atoms with Crippen LogP contribution in [0.3, 0.4) is 0 Å². The van der Waals surface area contributed by atoms with Gasteiger partial charge in [0.2, 0.25) is 0 Å². The maximum atomic E-state index is 9.52. The minimum atomic E-state index is 0. The Labute approximate surface area is 66.1 Å². The topological polar surface area (TPSA) is 17.1 Å². The minimum absolute atomic E-state index is 0. The normalized spacial score (nSPS) is 6.29. The van der Waals surface area contributed by atoms with E-state index < -0.39 is 0 Å². The summed E-state index contributed by atoms with van der Waals surface area (Å²) < 4.78 is 0. The molecule has 0 N–H and O–H groups in total. The van der Waals surface area contributed by atoms with Gasteiger partial charge in [-0.15, -0.1) is 6.58 Å². The van der Waals surface area contributed by atoms with Gasteiger partial charge in [0.15, 0.2) is 0 Å². The van der Waals surface area contributed by atoms with Crippen molar-refractivity contribution in [3.8, 4) is 0 Å². The summed E-state index contributed by atoms with van der Waals surface area (Å²) >= 11 is 0. The number of rotatable bonds is 3. The predicted molar refractivity (Wildman–Crippen MR) is 32.6 cm³/mol. The van der Waals surface area contributed by atoms with Gasteiger partial charge in [0.1, 0.15) is 6.29 Å². The van der Waals surface area contributed by atoms with Crippen LogP contribution in [0.5, 0.6) is 0 Å². The summed E-state index contributed by atoms with van der Waals surface area (Å²) in [6.07, 6.45) is 4.04. The zero-order valence-corrected chi connectivity index (χ0v) is 3.68. The van der Waals surface area contributed by atoms with E-state index in [1.54, 1.807) is 6.08 Å². The van der Waals surface area contributed by atoms with Crippen molar-refractivity contribution in [2.45, 2.75) is 12.8 Å². The van der Waals surface area contributed by atoms with Crippen molar-refractivity contribution in [1.82, 2.24) is 0 Å². The molecule has 0 unspecified atom stereocenters. The zero-order chi connectivity index (χ0) is 4.83. The predicted octanol–water partition coefficient (Wildman–Crippen LogP) is 0.503. The second-order valence-corrected chi connectivity index (χ2v) is 1.03. The molecule has 0 atom stereocenters. The van der Waals surface area contributed by atoms with Crippen LogP contribution < -0.4 is 0 Å². The van der Waals surface area contributed by atoms with Gasteiger partial charge in [-0.25, -0.2) is 0 Å². The Morgan fingerprint density at radius 3 is 2.14 bits per heavy atom. The Morgan fingerprint density at radius 2 is 2.00 bits per heavy atom. The molecule has 7 heavy (non-hydrogen) atoms. The van der Waals surface area contributed by atoms with E-state index in [-0.39, 0.29) is 29.6 Å². The third-order valence-electron chi connectivity index (χ3n) is 0.489. The maximum absolute atomic E-state index is 9.52. The van der Waals surface area contributed by atoms with Crippen molar-refractivity contribution in [2.75, 3.05) is 0 Å². The van der Waals surface area contributed by atoms with E-state index in [9.17, 15) is 4.79 Å². The summed E-state index contributed by atoms with van der Waals surface area (Å²) in [6.45, 7) is 3.44. The first-order chi connectivity index (χ1) is 2.91. The second-order valence-electron chi connectivity index (χ2n) is 1.03. The van der Waals surface area contributed by atoms with Crippen LogP contribution in [0, 0.1) is 0 Å². The standard InChI is InChI=1S/C5H8O.Na.H/c1-2-3-4-5-6;;/h2,5H,1,3-4H2;;. The van der Waals surface area contributed by atoms with Crippen LogP contribution in [0.25, 0.3) is 0 Å². The van der Waals surface area contributed by atoms with Crippen molar-refractivity contribution in [2.24, 2.45) is 0 Å². The summed E-state index contributed by atoms with van der Waals surface area (Å²) in [5, 5.41) is 0. The Kier molecular flexibility index (Phi) is 14.3. The summed E-state index contributed by atoms with van der Waals surface area (Å²) in [5.41, 5.74) is 0. The summed E-state index contributed by atoms with van der Waals surface area (Å²) in [4.78, 5) is 9.52. The van der Waals surface area contributed by atoms with E-state index in [0.29, 0.717) is 6.42 Å². The Morgan fingerprint density at radius 1 is 1.43 bits per heavy atom. The average Bonchev–Trinajstić information content (AvgIpc) is 1.61. The van der Waals surface area contributed by atoms with Gasteiger partial charge in [-0.3, -0.25) is 0 Å². The van der Waals surface area contributed by atoms with Gasteiger partial charge < -0.3 is 4.79 Å². The Hall–Kier alpha value is 0.410. The van der Waals surface area contributed by atoms with Gasteiger partial charge >= 0.3 is 29.6 Å². The molecule has 36 valence electrons. The number of hydrogen-bond acceptors (Lipinski definition) is 1. The van der Waals surface area contributed by atoms with E-state index in [4.69, 9.17) is 0 Å². The summed E-state index contributed by atoms with van der Waals surface area (Å²) in [7, 11) is 0. The fraction of sp³-hybridized carbons (Fsp3) is 0.400. The number of carbonyl (C=O) groups excluding carboxylic acids is 1. The molecule has 2 heteroatoms. The molecule has 0 aromatic carbocycles. The molecule has 0 rings (SSSR count). The van der Waals surface area contributed by atoms with Crippen molar-refractivity contribution in [1.29, 1.82) is 0 Å². The zero-order valence-electron chi connectivity index (χ0n) is 3.68. The van der Waals surface area contributed by atoms with E-state index in [1.807, 2.05) is 0 Å². The monoisotopic (exact) mass is 108 g/mol. The van der Waals surface area contributed by atoms with Crippen LogP contribution in [0.1, 0.15) is 12.8 Å². The molecule has 0 aromatic heterocycles. The van der Waals surface area contributed by atoms with E-state index in [1.165, 1.54) is 0 Å². The molecule has 1 nitrogen and oxygen atoms in total. The average molecular weight is 108 g/mol. The molecule has 0 amide bonds. The molecule has 0 saturated carbocycles. The first-order valence-corrected chi connectivity index (χ1v) is 1.96. The van der Waals surface area contributed by atoms with Crippen LogP contribution in [-0.2, 0) is 4.79 Å². The molecule has 0 radical (unpaired) electrons. The van der Waals surface area contributed by atoms with Crippen molar-refractivity contribution in [3.63, 3.8) is 0 Å². The van der Waals surface area contributed by atoms with Gasteiger partial charge in [-0.2, -0.15) is 0 Å². The van der Waals surface area contributed by atoms with Crippen LogP contribution in [0.15, 0.2) is 12.7 Å². The molecule has 0 aliphatic carbocycles. The molecule has 0 bridgehead atoms. The molecule has 0 saturated heterocycles. The fourth-order valence-corrected chi connectivity index (χ4v) is 0.186. The van der Waals surface area contributed by atoms with Gasteiger partial charge in [0.05, 0.1) is 0 Å². The van der Waals surface area contributed by atoms with E-state index in [2.05, 4.69) is 6.58 Å². The number of unbranched alkanes of at least 4 members (excludes halogenated alkanes) is 1. The molecule has 0 heterocycles. The Balaban J connectivity index is 0. The van der Waals surface area contributed by atoms with Gasteiger partial charge in [-0.1, -0.05) is 6.08 Å². The summed E-state index contributed by atoms with van der Waals surface area (Å²) in [6, 6.07) is 0.